The largest absolute Gasteiger partial charge is 0.416 e. The first-order valence-corrected chi connectivity index (χ1v) is 17.2. The molecule has 1 unspecified atom stereocenters. The molecule has 0 aliphatic heterocycles. The van der Waals surface area contributed by atoms with Crippen molar-refractivity contribution in [1.82, 2.24) is 10.6 Å². The number of carbonyl (C=O) groups is 4. The highest BCUT2D eigenvalue weighted by Crippen LogP contribution is 2.29. The van der Waals surface area contributed by atoms with Crippen molar-refractivity contribution in [2.45, 2.75) is 66.1 Å². The van der Waals surface area contributed by atoms with E-state index < -0.39 is 29.6 Å². The fraction of sp³-hybridized carbons (Fsp3) is 0.275. The SMILES string of the molecule is C=CC(=O)NC(CCCCN)C(=O)Nc1cccc(NC(=C)/N=C\C(=C/C)NC=O)c1.CC.Cc1ccc(NC(=O)c2cccc(C(F)(F)F)c2)cc1C. The normalized spacial score (nSPS) is 11.4. The minimum atomic E-state index is -4.46. The molecular weight excluding hydrogens is 699 g/mol. The number of rotatable bonds is 16. The van der Waals surface area contributed by atoms with Crippen molar-refractivity contribution >= 4 is 47.4 Å². The topological polar surface area (TPSA) is 167 Å². The first kappa shape index (κ1) is 46.0. The van der Waals surface area contributed by atoms with Crippen LogP contribution in [0.5, 0.6) is 0 Å². The number of aryl methyl sites for hydroxylation is 2. The molecule has 290 valence electrons. The first-order valence-electron chi connectivity index (χ1n) is 17.2. The maximum absolute atomic E-state index is 12.7. The number of carbonyl (C=O) groups excluding carboxylic acids is 4. The molecule has 0 heterocycles. The molecule has 0 aliphatic rings. The van der Waals surface area contributed by atoms with Gasteiger partial charge in [-0.25, -0.2) is 4.99 Å². The molecular formula is C40H50F3N7O4. The third-order valence-corrected chi connectivity index (χ3v) is 7.30. The number of halogens is 3. The van der Waals surface area contributed by atoms with Gasteiger partial charge in [0.05, 0.1) is 17.5 Å². The molecule has 4 amide bonds. The zero-order valence-corrected chi connectivity index (χ0v) is 31.3. The minimum Gasteiger partial charge on any atom is -0.341 e. The van der Waals surface area contributed by atoms with Gasteiger partial charge in [-0.1, -0.05) is 51.3 Å². The van der Waals surface area contributed by atoms with Crippen LogP contribution in [-0.2, 0) is 20.6 Å². The number of unbranched alkanes of at least 4 members (excludes halogenated alkanes) is 1. The van der Waals surface area contributed by atoms with Crippen LogP contribution in [0.15, 0.2) is 109 Å². The Morgan fingerprint density at radius 1 is 0.889 bits per heavy atom. The number of allylic oxidation sites excluding steroid dienone is 2. The van der Waals surface area contributed by atoms with Gasteiger partial charge in [0.1, 0.15) is 11.9 Å². The molecule has 0 bridgehead atoms. The fourth-order valence-electron chi connectivity index (χ4n) is 4.37. The number of hydrogen-bond donors (Lipinski definition) is 6. The molecule has 0 saturated carbocycles. The van der Waals surface area contributed by atoms with Crippen molar-refractivity contribution < 1.29 is 32.3 Å². The van der Waals surface area contributed by atoms with Crippen LogP contribution < -0.4 is 32.3 Å². The van der Waals surface area contributed by atoms with Gasteiger partial charge >= 0.3 is 6.18 Å². The Labute approximate surface area is 315 Å². The second-order valence-corrected chi connectivity index (χ2v) is 11.3. The number of alkyl halides is 3. The van der Waals surface area contributed by atoms with Crippen LogP contribution in [0.25, 0.3) is 0 Å². The zero-order chi connectivity index (χ0) is 40.7. The number of benzene rings is 3. The Bertz CT molecular complexity index is 1790. The molecule has 0 fully saturated rings. The molecule has 3 aromatic rings. The summed E-state index contributed by atoms with van der Waals surface area (Å²) in [7, 11) is 0. The number of amides is 4. The fourth-order valence-corrected chi connectivity index (χ4v) is 4.37. The Kier molecular flexibility index (Phi) is 20.7. The standard InChI is InChI=1S/C22H30N6O3.C16H14F3NO.C2H6/c1-4-17(25-15-29)14-24-16(3)26-18-9-8-10-19(13-18)27-22(31)20(11-6-7-12-23)28-21(30)5-2;1-10-6-7-14(8-11(10)2)20-15(21)12-4-3-5-13(9-12)16(17,18)19;1-2/h4-5,8-10,13-15,20,26H,2-3,6-7,11-12,23H2,1H3,(H,25,29)(H,27,31)(H,28,30);3-9H,1-2H3,(H,20,21);1-2H3/b17-4+,24-14-;;. The van der Waals surface area contributed by atoms with E-state index in [1.54, 1.807) is 49.4 Å². The van der Waals surface area contributed by atoms with E-state index in [1.807, 2.05) is 33.8 Å². The van der Waals surface area contributed by atoms with Gasteiger partial charge in [-0.15, -0.1) is 0 Å². The predicted octanol–water partition coefficient (Wildman–Crippen LogP) is 7.63. The van der Waals surface area contributed by atoms with Crippen LogP contribution in [0.2, 0.25) is 0 Å². The van der Waals surface area contributed by atoms with Gasteiger partial charge in [-0.3, -0.25) is 19.2 Å². The molecule has 0 aliphatic carbocycles. The molecule has 3 aromatic carbocycles. The highest BCUT2D eigenvalue weighted by molar-refractivity contribution is 6.04. The number of hydrogen-bond acceptors (Lipinski definition) is 7. The van der Waals surface area contributed by atoms with Gasteiger partial charge in [0, 0.05) is 22.6 Å². The summed E-state index contributed by atoms with van der Waals surface area (Å²) >= 11 is 0. The van der Waals surface area contributed by atoms with Crippen LogP contribution >= 0.6 is 0 Å². The molecule has 11 nitrogen and oxygen atoms in total. The van der Waals surface area contributed by atoms with E-state index >= 15 is 0 Å². The van der Waals surface area contributed by atoms with E-state index in [-0.39, 0.29) is 11.5 Å². The van der Waals surface area contributed by atoms with Gasteiger partial charge in [0.2, 0.25) is 18.2 Å². The highest BCUT2D eigenvalue weighted by Gasteiger charge is 2.31. The third-order valence-electron chi connectivity index (χ3n) is 7.30. The molecule has 3 rings (SSSR count). The lowest BCUT2D eigenvalue weighted by molar-refractivity contribution is -0.137. The number of nitrogens with zero attached hydrogens (tertiary/aromatic N) is 1. The maximum Gasteiger partial charge on any atom is 0.416 e. The van der Waals surface area contributed by atoms with E-state index in [0.717, 1.165) is 35.8 Å². The number of anilines is 3. The van der Waals surface area contributed by atoms with Crippen molar-refractivity contribution in [3.63, 3.8) is 0 Å². The highest BCUT2D eigenvalue weighted by atomic mass is 19.4. The molecule has 0 saturated heterocycles. The third kappa shape index (κ3) is 17.0. The van der Waals surface area contributed by atoms with Crippen molar-refractivity contribution in [2.24, 2.45) is 10.7 Å². The monoisotopic (exact) mass is 749 g/mol. The Balaban J connectivity index is 0.000000549. The summed E-state index contributed by atoms with van der Waals surface area (Å²) in [6.45, 7) is 17.3. The quantitative estimate of drug-likeness (QED) is 0.0381. The average molecular weight is 750 g/mol. The summed E-state index contributed by atoms with van der Waals surface area (Å²) in [5.41, 5.74) is 9.00. The number of nitrogens with two attached hydrogens (primary N) is 1. The molecule has 7 N–H and O–H groups in total. The van der Waals surface area contributed by atoms with Gasteiger partial charge in [0.25, 0.3) is 5.91 Å². The van der Waals surface area contributed by atoms with Crippen molar-refractivity contribution in [3.05, 3.63) is 126 Å². The second kappa shape index (κ2) is 24.3. The van der Waals surface area contributed by atoms with Gasteiger partial charge in [-0.05, 0) is 112 Å². The number of aliphatic imine (C=N–C) groups is 1. The summed E-state index contributed by atoms with van der Waals surface area (Å²) in [6, 6.07) is 16.0. The second-order valence-electron chi connectivity index (χ2n) is 11.3. The van der Waals surface area contributed by atoms with Crippen LogP contribution in [0, 0.1) is 13.8 Å². The van der Waals surface area contributed by atoms with E-state index in [1.165, 1.54) is 18.3 Å². The summed E-state index contributed by atoms with van der Waals surface area (Å²) in [5.74, 6) is -0.973. The lowest BCUT2D eigenvalue weighted by Crippen LogP contribution is -2.43. The predicted molar refractivity (Wildman–Crippen MR) is 211 cm³/mol. The Morgan fingerprint density at radius 2 is 1.54 bits per heavy atom. The summed E-state index contributed by atoms with van der Waals surface area (Å²) in [5, 5.41) is 13.5. The lowest BCUT2D eigenvalue weighted by Gasteiger charge is -2.18. The van der Waals surface area contributed by atoms with E-state index in [9.17, 15) is 32.3 Å². The lowest BCUT2D eigenvalue weighted by atomic mass is 10.1. The Hall–Kier alpha value is -6.02. The van der Waals surface area contributed by atoms with Crippen LogP contribution in [0.3, 0.4) is 0 Å². The summed E-state index contributed by atoms with van der Waals surface area (Å²) < 4.78 is 37.9. The maximum atomic E-state index is 12.7. The van der Waals surface area contributed by atoms with Crippen LogP contribution in [0.1, 0.15) is 67.1 Å². The van der Waals surface area contributed by atoms with Gasteiger partial charge in [-0.2, -0.15) is 13.2 Å². The van der Waals surface area contributed by atoms with Crippen molar-refractivity contribution in [3.8, 4) is 0 Å². The van der Waals surface area contributed by atoms with Crippen LogP contribution in [0.4, 0.5) is 30.2 Å². The van der Waals surface area contributed by atoms with Crippen molar-refractivity contribution in [2.75, 3.05) is 22.5 Å². The average Bonchev–Trinajstić information content (AvgIpc) is 3.15. The smallest absolute Gasteiger partial charge is 0.341 e. The molecule has 1 atom stereocenters. The minimum absolute atomic E-state index is 0.0250. The molecule has 0 radical (unpaired) electrons. The zero-order valence-electron chi connectivity index (χ0n) is 31.3. The van der Waals surface area contributed by atoms with E-state index in [0.29, 0.717) is 54.4 Å². The van der Waals surface area contributed by atoms with Gasteiger partial charge in [0.15, 0.2) is 0 Å². The summed E-state index contributed by atoms with van der Waals surface area (Å²) in [6.07, 6.45) is 2.31. The molecule has 0 spiro atoms. The first-order chi connectivity index (χ1) is 25.7. The summed E-state index contributed by atoms with van der Waals surface area (Å²) in [4.78, 5) is 51.0. The molecule has 54 heavy (non-hydrogen) atoms. The molecule has 14 heteroatoms. The van der Waals surface area contributed by atoms with Crippen LogP contribution in [-0.4, -0.2) is 42.9 Å². The number of nitrogens with one attached hydrogen (secondary N) is 5. The van der Waals surface area contributed by atoms with E-state index in [2.05, 4.69) is 44.7 Å². The van der Waals surface area contributed by atoms with Gasteiger partial charge < -0.3 is 32.3 Å². The Morgan fingerprint density at radius 3 is 2.13 bits per heavy atom. The molecule has 0 aromatic heterocycles. The van der Waals surface area contributed by atoms with Crippen molar-refractivity contribution in [1.29, 1.82) is 0 Å². The van der Waals surface area contributed by atoms with E-state index in [4.69, 9.17) is 5.73 Å².